The Hall–Kier alpha value is -1.97. The van der Waals surface area contributed by atoms with Crippen LogP contribution in [0.4, 0.5) is 5.69 Å². The van der Waals surface area contributed by atoms with Crippen LogP contribution >= 0.6 is 12.6 Å². The molecule has 0 unspecified atom stereocenters. The van der Waals surface area contributed by atoms with E-state index < -0.39 is 0 Å². The molecule has 1 N–H and O–H groups in total. The van der Waals surface area contributed by atoms with Crippen molar-refractivity contribution in [2.75, 3.05) is 30.8 Å². The number of hydrogen-bond acceptors (Lipinski definition) is 3. The van der Waals surface area contributed by atoms with E-state index in [9.17, 15) is 0 Å². The maximum absolute atomic E-state index is 4.83. The first-order valence-corrected chi connectivity index (χ1v) is 10.7. The van der Waals surface area contributed by atoms with Crippen LogP contribution in [0.25, 0.3) is 6.08 Å². The van der Waals surface area contributed by atoms with E-state index in [0.29, 0.717) is 0 Å². The Morgan fingerprint density at radius 2 is 1.57 bits per heavy atom. The van der Waals surface area contributed by atoms with E-state index in [1.54, 1.807) is 0 Å². The van der Waals surface area contributed by atoms with Gasteiger partial charge in [-0.25, -0.2) is 0 Å². The lowest BCUT2D eigenvalue weighted by Crippen LogP contribution is -2.07. The summed E-state index contributed by atoms with van der Waals surface area (Å²) in [6, 6.07) is 17.0. The van der Waals surface area contributed by atoms with E-state index in [0.717, 1.165) is 38.4 Å². The van der Waals surface area contributed by atoms with Gasteiger partial charge in [0.05, 0.1) is 0 Å². The molecule has 1 aliphatic heterocycles. The highest BCUT2D eigenvalue weighted by Crippen LogP contribution is 2.26. The first kappa shape index (κ1) is 22.3. The van der Waals surface area contributed by atoms with Crippen molar-refractivity contribution >= 4 is 24.4 Å². The minimum Gasteiger partial charge on any atom is -0.382 e. The lowest BCUT2D eigenvalue weighted by Gasteiger charge is -2.19. The van der Waals surface area contributed by atoms with Crippen molar-refractivity contribution in [3.05, 3.63) is 82.4 Å². The SMILES string of the molecule is C1=Cc2ccccc2NC1.CC1=C(CS)Cc2ccccc2C1.CCOCC. The zero-order valence-corrected chi connectivity index (χ0v) is 18.3. The Morgan fingerprint density at radius 1 is 0.929 bits per heavy atom. The number of para-hydroxylation sites is 1. The van der Waals surface area contributed by atoms with Crippen LogP contribution in [0.1, 0.15) is 37.5 Å². The van der Waals surface area contributed by atoms with E-state index >= 15 is 0 Å². The van der Waals surface area contributed by atoms with Crippen molar-refractivity contribution < 1.29 is 4.74 Å². The van der Waals surface area contributed by atoms with Gasteiger partial charge in [-0.15, -0.1) is 0 Å². The Bertz CT molecular complexity index is 793. The predicted molar refractivity (Wildman–Crippen MR) is 127 cm³/mol. The van der Waals surface area contributed by atoms with Crippen LogP contribution in [0, 0.1) is 0 Å². The molecule has 4 rings (SSSR count). The van der Waals surface area contributed by atoms with Gasteiger partial charge in [-0.05, 0) is 56.4 Å². The predicted octanol–water partition coefficient (Wildman–Crippen LogP) is 6.20. The van der Waals surface area contributed by atoms with Crippen LogP contribution in [0.2, 0.25) is 0 Å². The molecule has 2 aromatic carbocycles. The van der Waals surface area contributed by atoms with Crippen LogP contribution in [-0.2, 0) is 17.6 Å². The molecule has 0 fully saturated rings. The van der Waals surface area contributed by atoms with Gasteiger partial charge >= 0.3 is 0 Å². The second-order valence-corrected chi connectivity index (χ2v) is 7.13. The standard InChI is InChI=1S/C12H14S.C9H9N.C4H10O/c1-9-6-10-4-2-3-5-11(10)7-12(9)8-13;1-2-6-9-8(4-1)5-3-7-10-9;1-3-5-4-2/h2-5,13H,6-8H2,1H3;1-6,10H,7H2;3-4H2,1-2H3. The molecule has 150 valence electrons. The fourth-order valence-corrected chi connectivity index (χ4v) is 3.63. The lowest BCUT2D eigenvalue weighted by atomic mass is 9.87. The maximum Gasteiger partial charge on any atom is 0.0437 e. The van der Waals surface area contributed by atoms with E-state index in [2.05, 4.69) is 79.5 Å². The summed E-state index contributed by atoms with van der Waals surface area (Å²) in [5, 5.41) is 3.28. The number of fused-ring (bicyclic) bond motifs is 2. The third kappa shape index (κ3) is 6.88. The van der Waals surface area contributed by atoms with Crippen LogP contribution < -0.4 is 5.32 Å². The number of thiol groups is 1. The smallest absolute Gasteiger partial charge is 0.0437 e. The van der Waals surface area contributed by atoms with Crippen molar-refractivity contribution in [3.8, 4) is 0 Å². The average molecular weight is 396 g/mol. The fraction of sp³-hybridized carbons (Fsp3) is 0.360. The monoisotopic (exact) mass is 395 g/mol. The first-order chi connectivity index (χ1) is 13.7. The van der Waals surface area contributed by atoms with Crippen LogP contribution in [0.5, 0.6) is 0 Å². The zero-order chi connectivity index (χ0) is 20.2. The number of allylic oxidation sites excluding steroid dienone is 1. The fourth-order valence-electron chi connectivity index (χ4n) is 3.25. The molecule has 2 aliphatic rings. The molecule has 0 bridgehead atoms. The number of rotatable bonds is 3. The first-order valence-electron chi connectivity index (χ1n) is 10.1. The second kappa shape index (κ2) is 12.5. The third-order valence-corrected chi connectivity index (χ3v) is 5.23. The summed E-state index contributed by atoms with van der Waals surface area (Å²) in [7, 11) is 0. The lowest BCUT2D eigenvalue weighted by molar-refractivity contribution is 0.162. The van der Waals surface area contributed by atoms with E-state index in [1.165, 1.54) is 33.5 Å². The minimum atomic E-state index is 0.844. The Labute approximate surface area is 176 Å². The molecule has 2 nitrogen and oxygen atoms in total. The van der Waals surface area contributed by atoms with Gasteiger partial charge < -0.3 is 10.1 Å². The summed E-state index contributed by atoms with van der Waals surface area (Å²) >= 11 is 4.36. The summed E-state index contributed by atoms with van der Waals surface area (Å²) in [5.74, 6) is 0.903. The Morgan fingerprint density at radius 3 is 2.18 bits per heavy atom. The molecule has 1 heterocycles. The Kier molecular flexibility index (Phi) is 9.95. The van der Waals surface area contributed by atoms with Gasteiger partial charge in [-0.1, -0.05) is 65.8 Å². The highest BCUT2D eigenvalue weighted by molar-refractivity contribution is 7.80. The summed E-state index contributed by atoms with van der Waals surface area (Å²) in [6.07, 6.45) is 6.49. The topological polar surface area (TPSA) is 21.3 Å². The highest BCUT2D eigenvalue weighted by Gasteiger charge is 2.13. The van der Waals surface area contributed by atoms with Gasteiger partial charge in [0, 0.05) is 31.2 Å². The van der Waals surface area contributed by atoms with Gasteiger partial charge in [-0.3, -0.25) is 0 Å². The largest absolute Gasteiger partial charge is 0.382 e. The molecular formula is C25H33NOS. The minimum absolute atomic E-state index is 0.844. The van der Waals surface area contributed by atoms with Crippen LogP contribution in [-0.4, -0.2) is 25.5 Å². The van der Waals surface area contributed by atoms with Crippen molar-refractivity contribution in [1.82, 2.24) is 0 Å². The van der Waals surface area contributed by atoms with Crippen LogP contribution in [0.3, 0.4) is 0 Å². The number of hydrogen-bond donors (Lipinski definition) is 2. The van der Waals surface area contributed by atoms with E-state index in [1.807, 2.05) is 19.9 Å². The summed E-state index contributed by atoms with van der Waals surface area (Å²) in [4.78, 5) is 0. The number of anilines is 1. The maximum atomic E-state index is 4.83. The summed E-state index contributed by atoms with van der Waals surface area (Å²) < 4.78 is 4.83. The van der Waals surface area contributed by atoms with Gasteiger partial charge in [-0.2, -0.15) is 12.6 Å². The molecule has 1 aliphatic carbocycles. The molecule has 0 radical (unpaired) electrons. The van der Waals surface area contributed by atoms with Crippen molar-refractivity contribution in [3.63, 3.8) is 0 Å². The second-order valence-electron chi connectivity index (χ2n) is 6.82. The van der Waals surface area contributed by atoms with Gasteiger partial charge in [0.25, 0.3) is 0 Å². The quantitative estimate of drug-likeness (QED) is 0.477. The van der Waals surface area contributed by atoms with Crippen molar-refractivity contribution in [1.29, 1.82) is 0 Å². The van der Waals surface area contributed by atoms with Gasteiger partial charge in [0.1, 0.15) is 0 Å². The summed E-state index contributed by atoms with van der Waals surface area (Å²) in [6.45, 7) is 8.85. The number of nitrogens with one attached hydrogen (secondary N) is 1. The van der Waals surface area contributed by atoms with E-state index in [-0.39, 0.29) is 0 Å². The third-order valence-electron chi connectivity index (χ3n) is 4.85. The molecule has 0 amide bonds. The highest BCUT2D eigenvalue weighted by atomic mass is 32.1. The molecule has 0 aromatic heterocycles. The van der Waals surface area contributed by atoms with E-state index in [4.69, 9.17) is 4.74 Å². The zero-order valence-electron chi connectivity index (χ0n) is 17.4. The molecule has 0 spiro atoms. The molecule has 0 atom stereocenters. The molecule has 0 saturated heterocycles. The molecule has 0 saturated carbocycles. The molecule has 28 heavy (non-hydrogen) atoms. The molecule has 2 aromatic rings. The normalized spacial score (nSPS) is 13.9. The van der Waals surface area contributed by atoms with Crippen LogP contribution in [0.15, 0.2) is 65.8 Å². The molecular weight excluding hydrogens is 362 g/mol. The van der Waals surface area contributed by atoms with Crippen molar-refractivity contribution in [2.45, 2.75) is 33.6 Å². The molecule has 3 heteroatoms. The number of benzene rings is 2. The summed E-state index contributed by atoms with van der Waals surface area (Å²) in [5.41, 5.74) is 8.51. The average Bonchev–Trinajstić information content (AvgIpc) is 2.75. The van der Waals surface area contributed by atoms with Gasteiger partial charge in [0.15, 0.2) is 0 Å². The van der Waals surface area contributed by atoms with Crippen molar-refractivity contribution in [2.24, 2.45) is 0 Å². The Balaban J connectivity index is 0.000000166. The van der Waals surface area contributed by atoms with Gasteiger partial charge in [0.2, 0.25) is 0 Å². The number of ether oxygens (including phenoxy) is 1.